The van der Waals surface area contributed by atoms with Crippen LogP contribution < -0.4 is 4.90 Å². The Kier molecular flexibility index (Phi) is 4.08. The zero-order valence-corrected chi connectivity index (χ0v) is 9.72. The summed E-state index contributed by atoms with van der Waals surface area (Å²) >= 11 is 4.20. The summed E-state index contributed by atoms with van der Waals surface area (Å²) in [5.41, 5.74) is 3.69. The Morgan fingerprint density at radius 3 is 2.64 bits per heavy atom. The maximum atomic E-state index is 4.20. The fraction of sp³-hybridized carbons (Fsp3) is 0.333. The first kappa shape index (κ1) is 11.2. The van der Waals surface area contributed by atoms with Crippen LogP contribution >= 0.6 is 12.6 Å². The van der Waals surface area contributed by atoms with Gasteiger partial charge in [-0.05, 0) is 24.1 Å². The molecule has 2 heteroatoms. The third-order valence-electron chi connectivity index (χ3n) is 2.21. The average molecular weight is 207 g/mol. The summed E-state index contributed by atoms with van der Waals surface area (Å²) in [7, 11) is 2.08. The molecule has 0 radical (unpaired) electrons. The van der Waals surface area contributed by atoms with Crippen LogP contribution in [0.1, 0.15) is 5.56 Å². The van der Waals surface area contributed by atoms with E-state index in [0.29, 0.717) is 0 Å². The van der Waals surface area contributed by atoms with E-state index in [1.54, 1.807) is 0 Å². The number of hydrogen-bond donors (Lipinski definition) is 1. The van der Waals surface area contributed by atoms with Gasteiger partial charge in [-0.15, -0.1) is 0 Å². The molecule has 14 heavy (non-hydrogen) atoms. The van der Waals surface area contributed by atoms with Gasteiger partial charge in [-0.1, -0.05) is 24.8 Å². The Morgan fingerprint density at radius 1 is 1.43 bits per heavy atom. The van der Waals surface area contributed by atoms with Crippen molar-refractivity contribution >= 4 is 18.3 Å². The molecule has 0 aromatic heterocycles. The van der Waals surface area contributed by atoms with Crippen LogP contribution in [0, 0.1) is 6.92 Å². The molecular formula is C12H17NS. The number of benzene rings is 1. The number of likely N-dealkylation sites (N-methyl/N-ethyl adjacent to an activating group) is 1. The van der Waals surface area contributed by atoms with Gasteiger partial charge in [0, 0.05) is 25.0 Å². The van der Waals surface area contributed by atoms with Crippen LogP contribution in [0.15, 0.2) is 36.4 Å². The van der Waals surface area contributed by atoms with Crippen molar-refractivity contribution in [3.63, 3.8) is 0 Å². The number of rotatable bonds is 4. The van der Waals surface area contributed by atoms with Crippen molar-refractivity contribution in [2.24, 2.45) is 0 Å². The Hall–Kier alpha value is -0.890. The lowest BCUT2D eigenvalue weighted by Crippen LogP contribution is -2.21. The summed E-state index contributed by atoms with van der Waals surface area (Å²) in [6, 6.07) is 8.36. The van der Waals surface area contributed by atoms with Crippen LogP contribution in [-0.4, -0.2) is 19.3 Å². The summed E-state index contributed by atoms with van der Waals surface area (Å²) in [6.45, 7) is 6.94. The molecule has 1 nitrogen and oxygen atoms in total. The minimum atomic E-state index is 0.746. The standard InChI is InChI=1S/C12H17NS/c1-10(9-14)8-13(3)12-7-5-4-6-11(12)2/h4-7,14H,1,8-9H2,2-3H3. The van der Waals surface area contributed by atoms with Crippen molar-refractivity contribution < 1.29 is 0 Å². The molecule has 0 aliphatic carbocycles. The molecule has 1 aromatic carbocycles. The summed E-state index contributed by atoms with van der Waals surface area (Å²) in [4.78, 5) is 2.20. The lowest BCUT2D eigenvalue weighted by atomic mass is 10.2. The second kappa shape index (κ2) is 5.11. The normalized spacial score (nSPS) is 9.93. The van der Waals surface area contributed by atoms with Crippen LogP contribution in [0.25, 0.3) is 0 Å². The highest BCUT2D eigenvalue weighted by molar-refractivity contribution is 7.80. The molecule has 0 spiro atoms. The molecule has 0 heterocycles. The highest BCUT2D eigenvalue weighted by Gasteiger charge is 2.03. The predicted molar refractivity (Wildman–Crippen MR) is 67.4 cm³/mol. The predicted octanol–water partition coefficient (Wildman–Crippen LogP) is 2.92. The van der Waals surface area contributed by atoms with Crippen molar-refractivity contribution in [2.75, 3.05) is 24.2 Å². The van der Waals surface area contributed by atoms with E-state index in [9.17, 15) is 0 Å². The average Bonchev–Trinajstić information content (AvgIpc) is 2.18. The zero-order valence-electron chi connectivity index (χ0n) is 8.83. The van der Waals surface area contributed by atoms with Gasteiger partial charge in [0.15, 0.2) is 0 Å². The van der Waals surface area contributed by atoms with Crippen LogP contribution in [0.5, 0.6) is 0 Å². The van der Waals surface area contributed by atoms with Crippen LogP contribution in [0.4, 0.5) is 5.69 Å². The summed E-state index contributed by atoms with van der Waals surface area (Å²) in [6.07, 6.45) is 0. The van der Waals surface area contributed by atoms with Crippen LogP contribution in [-0.2, 0) is 0 Å². The highest BCUT2D eigenvalue weighted by atomic mass is 32.1. The van der Waals surface area contributed by atoms with Crippen molar-refractivity contribution in [2.45, 2.75) is 6.92 Å². The lowest BCUT2D eigenvalue weighted by molar-refractivity contribution is 0.982. The van der Waals surface area contributed by atoms with Gasteiger partial charge >= 0.3 is 0 Å². The Balaban J connectivity index is 2.74. The summed E-state index contributed by atoms with van der Waals surface area (Å²) in [5, 5.41) is 0. The van der Waals surface area contributed by atoms with E-state index >= 15 is 0 Å². The molecule has 76 valence electrons. The molecule has 1 rings (SSSR count). The van der Waals surface area contributed by atoms with Crippen molar-refractivity contribution in [1.82, 2.24) is 0 Å². The van der Waals surface area contributed by atoms with Crippen LogP contribution in [0.3, 0.4) is 0 Å². The fourth-order valence-electron chi connectivity index (χ4n) is 1.46. The molecule has 0 fully saturated rings. The molecule has 0 saturated carbocycles. The molecule has 0 amide bonds. The molecule has 0 N–H and O–H groups in total. The number of aryl methyl sites for hydroxylation is 1. The molecular weight excluding hydrogens is 190 g/mol. The number of para-hydroxylation sites is 1. The Labute approximate surface area is 91.8 Å². The van der Waals surface area contributed by atoms with E-state index < -0.39 is 0 Å². The van der Waals surface area contributed by atoms with Gasteiger partial charge in [-0.25, -0.2) is 0 Å². The Morgan fingerprint density at radius 2 is 2.07 bits per heavy atom. The second-order valence-electron chi connectivity index (χ2n) is 3.55. The van der Waals surface area contributed by atoms with E-state index in [-0.39, 0.29) is 0 Å². The molecule has 0 atom stereocenters. The maximum absolute atomic E-state index is 4.20. The highest BCUT2D eigenvalue weighted by Crippen LogP contribution is 2.18. The van der Waals surface area contributed by atoms with Gasteiger partial charge in [0.2, 0.25) is 0 Å². The molecule has 0 saturated heterocycles. The van der Waals surface area contributed by atoms with E-state index in [0.717, 1.165) is 17.9 Å². The minimum absolute atomic E-state index is 0.746. The van der Waals surface area contributed by atoms with Crippen molar-refractivity contribution in [1.29, 1.82) is 0 Å². The smallest absolute Gasteiger partial charge is 0.0396 e. The third-order valence-corrected chi connectivity index (χ3v) is 2.66. The number of hydrogen-bond acceptors (Lipinski definition) is 2. The molecule has 1 aromatic rings. The molecule has 0 aliphatic heterocycles. The first-order valence-electron chi connectivity index (χ1n) is 4.69. The van der Waals surface area contributed by atoms with Gasteiger partial charge in [0.25, 0.3) is 0 Å². The molecule has 0 unspecified atom stereocenters. The SMILES string of the molecule is C=C(CS)CN(C)c1ccccc1C. The monoisotopic (exact) mass is 207 g/mol. The van der Waals surface area contributed by atoms with E-state index in [1.165, 1.54) is 11.3 Å². The van der Waals surface area contributed by atoms with Gasteiger partial charge in [0.1, 0.15) is 0 Å². The van der Waals surface area contributed by atoms with E-state index in [4.69, 9.17) is 0 Å². The van der Waals surface area contributed by atoms with Crippen molar-refractivity contribution in [3.05, 3.63) is 42.0 Å². The second-order valence-corrected chi connectivity index (χ2v) is 3.87. The van der Waals surface area contributed by atoms with Gasteiger partial charge in [-0.3, -0.25) is 0 Å². The van der Waals surface area contributed by atoms with Gasteiger partial charge in [-0.2, -0.15) is 12.6 Å². The molecule has 0 bridgehead atoms. The third kappa shape index (κ3) is 2.81. The maximum Gasteiger partial charge on any atom is 0.0396 e. The largest absolute Gasteiger partial charge is 0.370 e. The minimum Gasteiger partial charge on any atom is -0.370 e. The summed E-state index contributed by atoms with van der Waals surface area (Å²) in [5.74, 6) is 0.746. The van der Waals surface area contributed by atoms with Crippen molar-refractivity contribution in [3.8, 4) is 0 Å². The lowest BCUT2D eigenvalue weighted by Gasteiger charge is -2.21. The fourth-order valence-corrected chi connectivity index (χ4v) is 1.56. The van der Waals surface area contributed by atoms with Gasteiger partial charge < -0.3 is 4.90 Å². The first-order valence-corrected chi connectivity index (χ1v) is 5.32. The van der Waals surface area contributed by atoms with Crippen LogP contribution in [0.2, 0.25) is 0 Å². The number of thiol groups is 1. The Bertz CT molecular complexity index is 320. The topological polar surface area (TPSA) is 3.24 Å². The van der Waals surface area contributed by atoms with E-state index in [2.05, 4.69) is 62.3 Å². The summed E-state index contributed by atoms with van der Waals surface area (Å²) < 4.78 is 0. The quantitative estimate of drug-likeness (QED) is 0.587. The van der Waals surface area contributed by atoms with Gasteiger partial charge in [0.05, 0.1) is 0 Å². The number of nitrogens with zero attached hydrogens (tertiary/aromatic N) is 1. The molecule has 0 aliphatic rings. The first-order chi connectivity index (χ1) is 6.65. The zero-order chi connectivity index (χ0) is 10.6. The number of anilines is 1. The van der Waals surface area contributed by atoms with E-state index in [1.807, 2.05) is 0 Å².